The number of cyclic esters (lactones) is 1. The second kappa shape index (κ2) is 15.0. The van der Waals surface area contributed by atoms with Crippen LogP contribution in [0.1, 0.15) is 73.5 Å². The van der Waals surface area contributed by atoms with Crippen LogP contribution in [0.25, 0.3) is 11.1 Å². The average Bonchev–Trinajstić information content (AvgIpc) is 3.36. The number of hydrogen-bond donors (Lipinski definition) is 0. The fourth-order valence-corrected chi connectivity index (χ4v) is 6.51. The minimum Gasteiger partial charge on any atom is -0.496 e. The van der Waals surface area contributed by atoms with E-state index in [-0.39, 0.29) is 52.7 Å². The van der Waals surface area contributed by atoms with Crippen molar-refractivity contribution in [3.63, 3.8) is 0 Å². The number of nitrogens with zero attached hydrogens (tertiary/aromatic N) is 1. The van der Waals surface area contributed by atoms with E-state index in [9.17, 15) is 49.1 Å². The Balaban J connectivity index is 1.50. The fourth-order valence-electron chi connectivity index (χ4n) is 6.51. The van der Waals surface area contributed by atoms with Gasteiger partial charge in [-0.15, -0.1) is 0 Å². The number of carbonyl (C=O) groups excluding carboxylic acids is 2. The summed E-state index contributed by atoms with van der Waals surface area (Å²) in [4.78, 5) is 26.1. The molecule has 1 aliphatic carbocycles. The zero-order valence-electron chi connectivity index (χ0n) is 28.3. The Kier molecular flexibility index (Phi) is 11.2. The monoisotopic (exact) mass is 765 g/mol. The molecule has 0 bridgehead atoms. The molecule has 0 unspecified atom stereocenters. The molecule has 2 fully saturated rings. The van der Waals surface area contributed by atoms with Crippen molar-refractivity contribution in [2.24, 2.45) is 5.92 Å². The lowest BCUT2D eigenvalue weighted by Gasteiger charge is -2.28. The number of rotatable bonds is 9. The van der Waals surface area contributed by atoms with Crippen LogP contribution in [-0.4, -0.2) is 42.8 Å². The van der Waals surface area contributed by atoms with Gasteiger partial charge in [0.2, 0.25) is 0 Å². The molecule has 1 saturated carbocycles. The summed E-state index contributed by atoms with van der Waals surface area (Å²) >= 11 is 0. The third-order valence-electron chi connectivity index (χ3n) is 9.24. The van der Waals surface area contributed by atoms with E-state index in [4.69, 9.17) is 18.9 Å². The average molecular weight is 766 g/mol. The highest BCUT2D eigenvalue weighted by molar-refractivity contribution is 5.77. The zero-order valence-corrected chi connectivity index (χ0v) is 28.3. The Hall–Kier alpha value is -4.70. The van der Waals surface area contributed by atoms with Crippen LogP contribution in [-0.2, 0) is 39.3 Å². The molecule has 0 N–H and O–H groups in total. The van der Waals surface area contributed by atoms with E-state index in [1.807, 2.05) is 0 Å². The normalized spacial score (nSPS) is 21.0. The van der Waals surface area contributed by atoms with E-state index >= 15 is 4.39 Å². The van der Waals surface area contributed by atoms with Gasteiger partial charge in [0.15, 0.2) is 11.6 Å². The molecule has 5 rings (SSSR count). The number of hydrogen-bond acceptors (Lipinski definition) is 6. The van der Waals surface area contributed by atoms with Gasteiger partial charge in [-0.1, -0.05) is 6.07 Å². The first-order chi connectivity index (χ1) is 24.7. The van der Waals surface area contributed by atoms with Crippen LogP contribution in [0.2, 0.25) is 0 Å². The molecule has 0 radical (unpaired) electrons. The second-order valence-electron chi connectivity index (χ2n) is 12.7. The van der Waals surface area contributed by atoms with Crippen LogP contribution in [0, 0.1) is 11.7 Å². The number of benzene rings is 3. The van der Waals surface area contributed by atoms with Crippen molar-refractivity contribution in [1.82, 2.24) is 4.90 Å². The van der Waals surface area contributed by atoms with Gasteiger partial charge >= 0.3 is 30.6 Å². The molecule has 3 aromatic rings. The van der Waals surface area contributed by atoms with Gasteiger partial charge < -0.3 is 18.9 Å². The first-order valence-electron chi connectivity index (χ1n) is 16.4. The van der Waals surface area contributed by atoms with Gasteiger partial charge in [0.25, 0.3) is 0 Å². The van der Waals surface area contributed by atoms with Gasteiger partial charge in [-0.25, -0.2) is 9.18 Å². The van der Waals surface area contributed by atoms with Crippen molar-refractivity contribution in [3.8, 4) is 22.6 Å². The number of carbonyl (C=O) groups is 2. The highest BCUT2D eigenvalue weighted by atomic mass is 19.4. The molecule has 53 heavy (non-hydrogen) atoms. The maximum atomic E-state index is 15.3. The maximum absolute atomic E-state index is 15.3. The topological polar surface area (TPSA) is 74.3 Å². The Morgan fingerprint density at radius 1 is 0.811 bits per heavy atom. The first-order valence-corrected chi connectivity index (χ1v) is 16.4. The first kappa shape index (κ1) is 39.5. The molecular formula is C36H33F10NO6. The quantitative estimate of drug-likeness (QED) is 0.160. The van der Waals surface area contributed by atoms with Crippen molar-refractivity contribution < 1.29 is 72.4 Å². The van der Waals surface area contributed by atoms with Gasteiger partial charge in [-0.05, 0) is 92.6 Å². The molecule has 1 amide bonds. The van der Waals surface area contributed by atoms with Crippen molar-refractivity contribution in [2.75, 3.05) is 13.7 Å². The summed E-state index contributed by atoms with van der Waals surface area (Å²) in [6.45, 7) is 2.51. The highest BCUT2D eigenvalue weighted by Gasteiger charge is 2.44. The molecule has 3 aromatic carbocycles. The second-order valence-corrected chi connectivity index (χ2v) is 12.7. The van der Waals surface area contributed by atoms with Crippen molar-refractivity contribution in [1.29, 1.82) is 0 Å². The van der Waals surface area contributed by atoms with Crippen molar-refractivity contribution in [3.05, 3.63) is 82.2 Å². The fraction of sp³-hybridized carbons (Fsp3) is 0.444. The Morgan fingerprint density at radius 2 is 1.42 bits per heavy atom. The molecule has 7 nitrogen and oxygen atoms in total. The molecule has 288 valence electrons. The predicted octanol–water partition coefficient (Wildman–Crippen LogP) is 10.1. The largest absolute Gasteiger partial charge is 0.496 e. The summed E-state index contributed by atoms with van der Waals surface area (Å²) < 4.78 is 160. The smallest absolute Gasteiger partial charge is 0.416 e. The summed E-state index contributed by atoms with van der Waals surface area (Å²) in [5.41, 5.74) is -5.16. The van der Waals surface area contributed by atoms with E-state index in [0.29, 0.717) is 43.9 Å². The third-order valence-corrected chi connectivity index (χ3v) is 9.24. The SMILES string of the molecule is CCOC(=O)C1CCC(Oc2cc(-c3ccc(C(F)(F)F)cc3CN3C(=O)O[C@H](c4cc(C(F)(F)F)cc(C(F)(F)F)c4)[C@@H]3C)c(OC)cc2F)CC1. The summed E-state index contributed by atoms with van der Waals surface area (Å²) in [6, 6.07) is 4.18. The zero-order chi connectivity index (χ0) is 39.0. The third kappa shape index (κ3) is 8.75. The summed E-state index contributed by atoms with van der Waals surface area (Å²) in [6.07, 6.45) is -17.1. The standard InChI is InChI=1S/C36H33F10NO6/c1-4-51-32(48)19-5-8-25(9-6-19)52-30-15-27(29(50-3)16-28(30)37)26-10-7-22(34(38,39)40)13-21(26)17-47-18(2)31(53-33(47)49)20-11-23(35(41,42)43)14-24(12-20)36(44,45)46/h7,10-16,18-19,25,31H,4-6,8-9,17H2,1-3H3/t18-,19?,25?,31-/m0/s1. The molecule has 0 aromatic heterocycles. The van der Waals surface area contributed by atoms with E-state index in [2.05, 4.69) is 0 Å². The lowest BCUT2D eigenvalue weighted by Crippen LogP contribution is -2.32. The van der Waals surface area contributed by atoms with Crippen molar-refractivity contribution >= 4 is 12.1 Å². The van der Waals surface area contributed by atoms with Gasteiger partial charge in [0, 0.05) is 11.6 Å². The van der Waals surface area contributed by atoms with E-state index in [0.717, 1.165) is 23.1 Å². The number of alkyl halides is 9. The van der Waals surface area contributed by atoms with E-state index < -0.39 is 77.5 Å². The Morgan fingerprint density at radius 3 is 1.96 bits per heavy atom. The van der Waals surface area contributed by atoms with Crippen LogP contribution in [0.15, 0.2) is 48.5 Å². The number of ether oxygens (including phenoxy) is 4. The number of halogens is 10. The summed E-state index contributed by atoms with van der Waals surface area (Å²) in [7, 11) is 1.19. The molecule has 2 atom stereocenters. The van der Waals surface area contributed by atoms with Crippen molar-refractivity contribution in [2.45, 2.75) is 82.9 Å². The molecule has 17 heteroatoms. The molecule has 0 spiro atoms. The minimum absolute atomic E-state index is 0.0209. The van der Waals surface area contributed by atoms with E-state index in [1.165, 1.54) is 20.1 Å². The number of amides is 1. The van der Waals surface area contributed by atoms with Gasteiger partial charge in [0.05, 0.1) is 55.0 Å². The minimum atomic E-state index is -5.19. The molecule has 1 saturated heterocycles. The van der Waals surface area contributed by atoms with Crippen LogP contribution >= 0.6 is 0 Å². The van der Waals surface area contributed by atoms with Crippen LogP contribution in [0.4, 0.5) is 48.7 Å². The summed E-state index contributed by atoms with van der Waals surface area (Å²) in [5.74, 6) is -1.95. The van der Waals surface area contributed by atoms with Gasteiger partial charge in [-0.3, -0.25) is 9.69 Å². The number of methoxy groups -OCH3 is 1. The summed E-state index contributed by atoms with van der Waals surface area (Å²) in [5, 5.41) is 0. The molecule has 1 heterocycles. The Labute approximate surface area is 296 Å². The maximum Gasteiger partial charge on any atom is 0.416 e. The highest BCUT2D eigenvalue weighted by Crippen LogP contribution is 2.44. The van der Waals surface area contributed by atoms with Gasteiger partial charge in [0.1, 0.15) is 11.9 Å². The lowest BCUT2D eigenvalue weighted by molar-refractivity contribution is -0.149. The van der Waals surface area contributed by atoms with Crippen LogP contribution < -0.4 is 9.47 Å². The number of esters is 1. The van der Waals surface area contributed by atoms with Gasteiger partial charge in [-0.2, -0.15) is 39.5 Å². The molecular weight excluding hydrogens is 732 g/mol. The predicted molar refractivity (Wildman–Crippen MR) is 167 cm³/mol. The van der Waals surface area contributed by atoms with E-state index in [1.54, 1.807) is 6.92 Å². The lowest BCUT2D eigenvalue weighted by atomic mass is 9.87. The molecule has 1 aliphatic heterocycles. The Bertz CT molecular complexity index is 1800. The van der Waals surface area contributed by atoms with Crippen LogP contribution in [0.5, 0.6) is 11.5 Å². The van der Waals surface area contributed by atoms with Crippen LogP contribution in [0.3, 0.4) is 0 Å². The molecule has 2 aliphatic rings.